The average molecular weight is 256 g/mol. The fraction of sp³-hybridized carbons (Fsp3) is 0.529. The lowest BCUT2D eigenvalue weighted by atomic mass is 10.1. The number of hydrogen-bond donors (Lipinski definition) is 1. The van der Waals surface area contributed by atoms with E-state index < -0.39 is 0 Å². The molecular weight excluding hydrogens is 232 g/mol. The zero-order valence-corrected chi connectivity index (χ0v) is 11.6. The third kappa shape index (κ3) is 5.46. The van der Waals surface area contributed by atoms with Crippen molar-refractivity contribution in [1.29, 1.82) is 0 Å². The van der Waals surface area contributed by atoms with E-state index in [1.54, 1.807) is 0 Å². The van der Waals surface area contributed by atoms with Crippen LogP contribution in [0, 0.1) is 18.3 Å². The Kier molecular flexibility index (Phi) is 5.44. The van der Waals surface area contributed by atoms with Crippen molar-refractivity contribution in [3.05, 3.63) is 35.9 Å². The summed E-state index contributed by atoms with van der Waals surface area (Å²) >= 11 is 0. The summed E-state index contributed by atoms with van der Waals surface area (Å²) in [7, 11) is 0. The SMILES string of the molecule is C#CCN(CC(N)CCc1ccccc1)CC1CC1. The molecule has 1 aliphatic carbocycles. The first-order valence-corrected chi connectivity index (χ1v) is 7.23. The van der Waals surface area contributed by atoms with E-state index >= 15 is 0 Å². The van der Waals surface area contributed by atoms with E-state index in [1.165, 1.54) is 18.4 Å². The molecule has 2 heteroatoms. The molecule has 2 N–H and O–H groups in total. The second kappa shape index (κ2) is 7.33. The Bertz CT molecular complexity index is 403. The third-order valence-electron chi connectivity index (χ3n) is 3.67. The van der Waals surface area contributed by atoms with Gasteiger partial charge in [-0.1, -0.05) is 36.3 Å². The maximum atomic E-state index is 6.24. The molecule has 0 aromatic heterocycles. The van der Waals surface area contributed by atoms with Gasteiger partial charge in [-0.05, 0) is 37.2 Å². The summed E-state index contributed by atoms with van der Waals surface area (Å²) in [4.78, 5) is 2.34. The minimum atomic E-state index is 0.215. The number of terminal acetylenes is 1. The molecule has 102 valence electrons. The van der Waals surface area contributed by atoms with Crippen LogP contribution in [0.5, 0.6) is 0 Å². The Hall–Kier alpha value is -1.30. The molecule has 2 rings (SSSR count). The molecule has 0 spiro atoms. The lowest BCUT2D eigenvalue weighted by Gasteiger charge is -2.23. The van der Waals surface area contributed by atoms with Crippen LogP contribution in [0.4, 0.5) is 0 Å². The average Bonchev–Trinajstić information content (AvgIpc) is 3.22. The molecule has 1 aliphatic rings. The highest BCUT2D eigenvalue weighted by molar-refractivity contribution is 5.14. The maximum Gasteiger partial charge on any atom is 0.0599 e. The van der Waals surface area contributed by atoms with Crippen molar-refractivity contribution >= 4 is 0 Å². The van der Waals surface area contributed by atoms with Gasteiger partial charge in [-0.3, -0.25) is 4.90 Å². The van der Waals surface area contributed by atoms with Crippen molar-refractivity contribution in [2.45, 2.75) is 31.7 Å². The Morgan fingerprint density at radius 1 is 1.32 bits per heavy atom. The van der Waals surface area contributed by atoms with E-state index in [1.807, 2.05) is 6.07 Å². The Morgan fingerprint density at radius 3 is 2.68 bits per heavy atom. The van der Waals surface area contributed by atoms with Gasteiger partial charge in [0.1, 0.15) is 0 Å². The number of nitrogens with two attached hydrogens (primary N) is 1. The number of hydrogen-bond acceptors (Lipinski definition) is 2. The summed E-state index contributed by atoms with van der Waals surface area (Å²) in [5, 5.41) is 0. The molecule has 0 aliphatic heterocycles. The minimum absolute atomic E-state index is 0.215. The molecule has 0 heterocycles. The summed E-state index contributed by atoms with van der Waals surface area (Å²) in [6, 6.07) is 10.8. The highest BCUT2D eigenvalue weighted by Crippen LogP contribution is 2.29. The van der Waals surface area contributed by atoms with Crippen molar-refractivity contribution in [1.82, 2.24) is 4.90 Å². The van der Waals surface area contributed by atoms with Crippen molar-refractivity contribution in [3.8, 4) is 12.3 Å². The molecule has 1 unspecified atom stereocenters. The van der Waals surface area contributed by atoms with E-state index in [4.69, 9.17) is 12.2 Å². The van der Waals surface area contributed by atoms with E-state index in [2.05, 4.69) is 35.1 Å². The van der Waals surface area contributed by atoms with Crippen LogP contribution in [0.2, 0.25) is 0 Å². The second-order valence-electron chi connectivity index (χ2n) is 5.63. The van der Waals surface area contributed by atoms with Gasteiger partial charge in [-0.2, -0.15) is 0 Å². The fourth-order valence-corrected chi connectivity index (χ4v) is 2.42. The summed E-state index contributed by atoms with van der Waals surface area (Å²) in [6.45, 7) is 2.78. The first kappa shape index (κ1) is 14.1. The van der Waals surface area contributed by atoms with Crippen LogP contribution in [-0.4, -0.2) is 30.6 Å². The van der Waals surface area contributed by atoms with E-state index in [9.17, 15) is 0 Å². The van der Waals surface area contributed by atoms with Gasteiger partial charge < -0.3 is 5.73 Å². The topological polar surface area (TPSA) is 29.3 Å². The smallest absolute Gasteiger partial charge is 0.0599 e. The fourth-order valence-electron chi connectivity index (χ4n) is 2.42. The lowest BCUT2D eigenvalue weighted by Crippen LogP contribution is -2.39. The number of nitrogens with zero attached hydrogens (tertiary/aromatic N) is 1. The summed E-state index contributed by atoms with van der Waals surface area (Å²) in [6.07, 6.45) is 10.2. The summed E-state index contributed by atoms with van der Waals surface area (Å²) < 4.78 is 0. The monoisotopic (exact) mass is 256 g/mol. The van der Waals surface area contributed by atoms with Gasteiger partial charge in [0.2, 0.25) is 0 Å². The van der Waals surface area contributed by atoms with Gasteiger partial charge in [-0.15, -0.1) is 6.42 Å². The first-order chi connectivity index (χ1) is 9.28. The predicted molar refractivity (Wildman–Crippen MR) is 80.7 cm³/mol. The molecule has 1 atom stereocenters. The molecule has 0 bridgehead atoms. The molecule has 0 saturated heterocycles. The van der Waals surface area contributed by atoms with Crippen molar-refractivity contribution in [3.63, 3.8) is 0 Å². The van der Waals surface area contributed by atoms with E-state index in [-0.39, 0.29) is 6.04 Å². The minimum Gasteiger partial charge on any atom is -0.327 e. The summed E-state index contributed by atoms with van der Waals surface area (Å²) in [5.41, 5.74) is 7.60. The van der Waals surface area contributed by atoms with Gasteiger partial charge in [0.25, 0.3) is 0 Å². The van der Waals surface area contributed by atoms with E-state index in [0.29, 0.717) is 0 Å². The molecular formula is C17H24N2. The molecule has 19 heavy (non-hydrogen) atoms. The van der Waals surface area contributed by atoms with Gasteiger partial charge in [0.15, 0.2) is 0 Å². The summed E-state index contributed by atoms with van der Waals surface area (Å²) in [5.74, 6) is 3.62. The quantitative estimate of drug-likeness (QED) is 0.723. The van der Waals surface area contributed by atoms with Crippen molar-refractivity contribution in [2.24, 2.45) is 11.7 Å². The van der Waals surface area contributed by atoms with E-state index in [0.717, 1.165) is 38.4 Å². The largest absolute Gasteiger partial charge is 0.327 e. The predicted octanol–water partition coefficient (Wildman–Crippen LogP) is 2.29. The number of aryl methyl sites for hydroxylation is 1. The van der Waals surface area contributed by atoms with Gasteiger partial charge in [0.05, 0.1) is 6.54 Å². The Labute approximate surface area is 117 Å². The zero-order valence-electron chi connectivity index (χ0n) is 11.6. The first-order valence-electron chi connectivity index (χ1n) is 7.23. The number of rotatable bonds is 8. The third-order valence-corrected chi connectivity index (χ3v) is 3.67. The number of benzene rings is 1. The molecule has 1 aromatic rings. The normalized spacial score (nSPS) is 16.3. The standard InChI is InChI=1S/C17H24N2/c1-2-12-19(13-16-8-9-16)14-17(18)11-10-15-6-4-3-5-7-15/h1,3-7,16-17H,8-14,18H2. The zero-order chi connectivity index (χ0) is 13.5. The lowest BCUT2D eigenvalue weighted by molar-refractivity contribution is 0.271. The van der Waals surface area contributed by atoms with Crippen molar-refractivity contribution < 1.29 is 0 Å². The maximum absolute atomic E-state index is 6.24. The molecule has 0 amide bonds. The van der Waals surface area contributed by atoms with Crippen LogP contribution in [0.25, 0.3) is 0 Å². The van der Waals surface area contributed by atoms with Crippen LogP contribution in [-0.2, 0) is 6.42 Å². The van der Waals surface area contributed by atoms with Crippen LogP contribution in [0.1, 0.15) is 24.8 Å². The van der Waals surface area contributed by atoms with Gasteiger partial charge >= 0.3 is 0 Å². The molecule has 2 nitrogen and oxygen atoms in total. The molecule has 0 radical (unpaired) electrons. The molecule has 1 saturated carbocycles. The Morgan fingerprint density at radius 2 is 2.05 bits per heavy atom. The molecule has 1 fully saturated rings. The van der Waals surface area contributed by atoms with Crippen LogP contribution < -0.4 is 5.73 Å². The van der Waals surface area contributed by atoms with Gasteiger partial charge in [-0.25, -0.2) is 0 Å². The van der Waals surface area contributed by atoms with Crippen LogP contribution in [0.15, 0.2) is 30.3 Å². The van der Waals surface area contributed by atoms with Crippen molar-refractivity contribution in [2.75, 3.05) is 19.6 Å². The highest BCUT2D eigenvalue weighted by Gasteiger charge is 2.24. The van der Waals surface area contributed by atoms with Crippen LogP contribution >= 0.6 is 0 Å². The second-order valence-corrected chi connectivity index (χ2v) is 5.63. The van der Waals surface area contributed by atoms with Crippen LogP contribution in [0.3, 0.4) is 0 Å². The molecule has 1 aromatic carbocycles. The van der Waals surface area contributed by atoms with Gasteiger partial charge in [0, 0.05) is 19.1 Å². The highest BCUT2D eigenvalue weighted by atomic mass is 15.1. The Balaban J connectivity index is 1.72.